The summed E-state index contributed by atoms with van der Waals surface area (Å²) in [4.78, 5) is 4.06. The van der Waals surface area contributed by atoms with Crippen LogP contribution in [0.15, 0.2) is 18.3 Å². The lowest BCUT2D eigenvalue weighted by Gasteiger charge is -2.02. The molecule has 1 aromatic rings. The number of nitrogens with zero attached hydrogens (tertiary/aromatic N) is 1. The van der Waals surface area contributed by atoms with Crippen molar-refractivity contribution < 1.29 is 14.8 Å². The summed E-state index contributed by atoms with van der Waals surface area (Å²) >= 11 is 0. The Morgan fingerprint density at radius 2 is 2.31 bits per heavy atom. The number of rotatable bonds is 4. The van der Waals surface area contributed by atoms with Gasteiger partial charge in [0.15, 0.2) is 0 Å². The molecule has 2 N–H and O–H groups in total. The van der Waals surface area contributed by atoms with Gasteiger partial charge in [0.05, 0.1) is 6.61 Å². The summed E-state index contributed by atoms with van der Waals surface area (Å²) in [5.74, 6) is 0. The Balaban J connectivity index is 2.68. The van der Waals surface area contributed by atoms with Crippen LogP contribution in [0.25, 0.3) is 0 Å². The molecular formula is C8H12BNO3. The molecule has 0 aliphatic carbocycles. The predicted molar refractivity (Wildman–Crippen MR) is 49.6 cm³/mol. The first-order valence-corrected chi connectivity index (χ1v) is 4.04. The predicted octanol–water partition coefficient (Wildman–Crippen LogP) is -1.05. The summed E-state index contributed by atoms with van der Waals surface area (Å²) in [5.41, 5.74) is 1.26. The van der Waals surface area contributed by atoms with Crippen molar-refractivity contribution in [3.8, 4) is 0 Å². The van der Waals surface area contributed by atoms with E-state index in [1.54, 1.807) is 25.4 Å². The molecule has 0 fully saturated rings. The lowest BCUT2D eigenvalue weighted by Crippen LogP contribution is -2.30. The first-order valence-electron chi connectivity index (χ1n) is 4.04. The minimum Gasteiger partial charge on any atom is -0.423 e. The number of ether oxygens (including phenoxy) is 1. The van der Waals surface area contributed by atoms with Gasteiger partial charge >= 0.3 is 7.12 Å². The SMILES string of the molecule is COCCc1cc(B(O)O)ccn1. The molecule has 0 aliphatic rings. The molecule has 70 valence electrons. The van der Waals surface area contributed by atoms with Gasteiger partial charge in [-0.3, -0.25) is 4.98 Å². The van der Waals surface area contributed by atoms with Crippen LogP contribution in [-0.4, -0.2) is 35.9 Å². The second-order valence-electron chi connectivity index (χ2n) is 2.70. The maximum Gasteiger partial charge on any atom is 0.488 e. The van der Waals surface area contributed by atoms with Crippen LogP contribution in [0.5, 0.6) is 0 Å². The van der Waals surface area contributed by atoms with E-state index >= 15 is 0 Å². The zero-order chi connectivity index (χ0) is 9.68. The molecule has 1 rings (SSSR count). The molecule has 1 aromatic heterocycles. The van der Waals surface area contributed by atoms with Crippen molar-refractivity contribution in [2.45, 2.75) is 6.42 Å². The van der Waals surface area contributed by atoms with Crippen molar-refractivity contribution in [2.75, 3.05) is 13.7 Å². The Morgan fingerprint density at radius 3 is 2.92 bits per heavy atom. The van der Waals surface area contributed by atoms with E-state index in [1.165, 1.54) is 0 Å². The Morgan fingerprint density at radius 1 is 1.54 bits per heavy atom. The van der Waals surface area contributed by atoms with E-state index < -0.39 is 7.12 Å². The van der Waals surface area contributed by atoms with Crippen LogP contribution in [0.4, 0.5) is 0 Å². The fraction of sp³-hybridized carbons (Fsp3) is 0.375. The highest BCUT2D eigenvalue weighted by molar-refractivity contribution is 6.58. The quantitative estimate of drug-likeness (QED) is 0.581. The molecule has 0 unspecified atom stereocenters. The summed E-state index contributed by atoms with van der Waals surface area (Å²) in [7, 11) is 0.189. The smallest absolute Gasteiger partial charge is 0.423 e. The van der Waals surface area contributed by atoms with E-state index in [0.717, 1.165) is 5.69 Å². The Kier molecular flexibility index (Phi) is 3.88. The second-order valence-corrected chi connectivity index (χ2v) is 2.70. The second kappa shape index (κ2) is 4.96. The average molecular weight is 181 g/mol. The van der Waals surface area contributed by atoms with Gasteiger partial charge in [0.2, 0.25) is 0 Å². The molecule has 0 spiro atoms. The standard InChI is InChI=1S/C8H12BNO3/c1-13-5-3-8-6-7(9(11)12)2-4-10-8/h2,4,6,11-12H,3,5H2,1H3. The average Bonchev–Trinajstić information content (AvgIpc) is 2.15. The molecule has 1 heterocycles. The molecule has 0 atom stereocenters. The molecule has 0 radical (unpaired) electrons. The topological polar surface area (TPSA) is 62.6 Å². The van der Waals surface area contributed by atoms with Gasteiger partial charge in [-0.1, -0.05) is 0 Å². The van der Waals surface area contributed by atoms with Crippen molar-refractivity contribution in [3.05, 3.63) is 24.0 Å². The van der Waals surface area contributed by atoms with E-state index in [0.29, 0.717) is 18.5 Å². The van der Waals surface area contributed by atoms with Crippen LogP contribution in [0.2, 0.25) is 0 Å². The third-order valence-corrected chi connectivity index (χ3v) is 1.70. The minimum atomic E-state index is -1.43. The van der Waals surface area contributed by atoms with Crippen LogP contribution >= 0.6 is 0 Å². The minimum absolute atomic E-state index is 0.459. The molecule has 0 amide bonds. The molecule has 0 bridgehead atoms. The van der Waals surface area contributed by atoms with Crippen molar-refractivity contribution in [1.29, 1.82) is 0 Å². The molecule has 0 aromatic carbocycles. The largest absolute Gasteiger partial charge is 0.488 e. The summed E-state index contributed by atoms with van der Waals surface area (Å²) in [5, 5.41) is 17.7. The van der Waals surface area contributed by atoms with Gasteiger partial charge < -0.3 is 14.8 Å². The molecule has 5 heteroatoms. The fourth-order valence-corrected chi connectivity index (χ4v) is 1.00. The summed E-state index contributed by atoms with van der Waals surface area (Å²) < 4.78 is 4.88. The van der Waals surface area contributed by atoms with Crippen LogP contribution in [-0.2, 0) is 11.2 Å². The Hall–Kier alpha value is -0.905. The van der Waals surface area contributed by atoms with Crippen LogP contribution in [0, 0.1) is 0 Å². The monoisotopic (exact) mass is 181 g/mol. The molecular weight excluding hydrogens is 169 g/mol. The zero-order valence-electron chi connectivity index (χ0n) is 7.47. The highest BCUT2D eigenvalue weighted by Crippen LogP contribution is 1.93. The fourth-order valence-electron chi connectivity index (χ4n) is 1.00. The first kappa shape index (κ1) is 10.2. The molecule has 0 saturated carbocycles. The van der Waals surface area contributed by atoms with Crippen LogP contribution < -0.4 is 5.46 Å². The van der Waals surface area contributed by atoms with E-state index in [-0.39, 0.29) is 0 Å². The number of methoxy groups -OCH3 is 1. The highest BCUT2D eigenvalue weighted by atomic mass is 16.5. The van der Waals surface area contributed by atoms with Crippen LogP contribution in [0.1, 0.15) is 5.69 Å². The van der Waals surface area contributed by atoms with E-state index in [9.17, 15) is 0 Å². The first-order chi connectivity index (χ1) is 6.24. The van der Waals surface area contributed by atoms with Gasteiger partial charge in [0.1, 0.15) is 0 Å². The van der Waals surface area contributed by atoms with Crippen molar-refractivity contribution in [2.24, 2.45) is 0 Å². The van der Waals surface area contributed by atoms with E-state index in [2.05, 4.69) is 4.98 Å². The maximum absolute atomic E-state index is 8.87. The maximum atomic E-state index is 8.87. The van der Waals surface area contributed by atoms with Crippen molar-refractivity contribution in [1.82, 2.24) is 4.98 Å². The van der Waals surface area contributed by atoms with Gasteiger partial charge in [0.25, 0.3) is 0 Å². The number of aromatic nitrogens is 1. The Labute approximate surface area is 77.3 Å². The van der Waals surface area contributed by atoms with E-state index in [4.69, 9.17) is 14.8 Å². The van der Waals surface area contributed by atoms with Crippen LogP contribution in [0.3, 0.4) is 0 Å². The van der Waals surface area contributed by atoms with E-state index in [1.807, 2.05) is 0 Å². The molecule has 4 nitrogen and oxygen atoms in total. The van der Waals surface area contributed by atoms with Gasteiger partial charge in [0, 0.05) is 25.4 Å². The number of hydrogen-bond donors (Lipinski definition) is 2. The molecule has 0 aliphatic heterocycles. The molecule has 0 saturated heterocycles. The van der Waals surface area contributed by atoms with Crippen molar-refractivity contribution in [3.63, 3.8) is 0 Å². The van der Waals surface area contributed by atoms with Crippen molar-refractivity contribution >= 4 is 12.6 Å². The van der Waals surface area contributed by atoms with Gasteiger partial charge in [-0.15, -0.1) is 0 Å². The highest BCUT2D eigenvalue weighted by Gasteiger charge is 2.10. The van der Waals surface area contributed by atoms with Gasteiger partial charge in [-0.05, 0) is 17.6 Å². The molecule has 13 heavy (non-hydrogen) atoms. The zero-order valence-corrected chi connectivity index (χ0v) is 7.47. The normalized spacial score (nSPS) is 10.1. The lowest BCUT2D eigenvalue weighted by molar-refractivity contribution is 0.201. The van der Waals surface area contributed by atoms with Gasteiger partial charge in [-0.25, -0.2) is 0 Å². The number of pyridine rings is 1. The third kappa shape index (κ3) is 3.14. The summed E-state index contributed by atoms with van der Waals surface area (Å²) in [6, 6.07) is 3.23. The summed E-state index contributed by atoms with van der Waals surface area (Å²) in [6.45, 7) is 0.581. The number of hydrogen-bond acceptors (Lipinski definition) is 4. The summed E-state index contributed by atoms with van der Waals surface area (Å²) in [6.07, 6.45) is 2.23. The Bertz CT molecular complexity index is 267. The lowest BCUT2D eigenvalue weighted by atomic mass is 9.80. The third-order valence-electron chi connectivity index (χ3n) is 1.70. The van der Waals surface area contributed by atoms with Gasteiger partial charge in [-0.2, -0.15) is 0 Å².